The number of rotatable bonds is 5. The number of hydrogen-bond donors (Lipinski definition) is 0. The molecular weight excluding hydrogens is 711 g/mol. The van der Waals surface area contributed by atoms with Gasteiger partial charge in [-0.3, -0.25) is 0 Å². The lowest BCUT2D eigenvalue weighted by atomic mass is 9.97. The number of nitrogens with zero attached hydrogens (tertiary/aromatic N) is 3. The maximum Gasteiger partial charge on any atom is 0.164 e. The van der Waals surface area contributed by atoms with E-state index in [-0.39, 0.29) is 0 Å². The Morgan fingerprint density at radius 3 is 1.66 bits per heavy atom. The molecule has 0 amide bonds. The van der Waals surface area contributed by atoms with Crippen molar-refractivity contribution in [2.45, 2.75) is 0 Å². The number of fused-ring (bicyclic) bond motifs is 10. The van der Waals surface area contributed by atoms with Crippen LogP contribution in [0.25, 0.3) is 122 Å². The van der Waals surface area contributed by atoms with Crippen molar-refractivity contribution in [1.29, 1.82) is 0 Å². The van der Waals surface area contributed by atoms with Crippen LogP contribution in [0, 0.1) is 0 Å². The number of hydrogen-bond acceptors (Lipinski definition) is 5. The molecule has 0 fully saturated rings. The molecule has 58 heavy (non-hydrogen) atoms. The summed E-state index contributed by atoms with van der Waals surface area (Å²) in [7, 11) is 0. The van der Waals surface area contributed by atoms with Gasteiger partial charge in [0, 0.05) is 60.0 Å². The summed E-state index contributed by atoms with van der Waals surface area (Å²) in [5.41, 5.74) is 12.9. The number of pyridine rings is 1. The van der Waals surface area contributed by atoms with E-state index in [1.807, 2.05) is 54.6 Å². The molecular formula is C53H31N3O2. The number of furan rings is 2. The Kier molecular flexibility index (Phi) is 7.16. The summed E-state index contributed by atoms with van der Waals surface area (Å²) in [6.07, 6.45) is 0. The standard InChI is InChI=1S/C53H31N3O2/c1-3-13-33(14-4-1)45-31-46(56-53(55-45)43-22-12-20-38-37-17-8-10-24-47(37)57-51(38)43)34-27-25-32(26-28-34)36-19-11-21-39-40-29-30-42-48(52(40)58-50(36)39)41-18-7-9-23-44(41)54-49(42)35-15-5-2-6-16-35/h1-31H. The molecule has 0 unspecified atom stereocenters. The van der Waals surface area contributed by atoms with E-state index in [0.717, 1.165) is 116 Å². The highest BCUT2D eigenvalue weighted by molar-refractivity contribution is 6.25. The van der Waals surface area contributed by atoms with Crippen molar-refractivity contribution in [3.05, 3.63) is 188 Å². The molecule has 5 heteroatoms. The van der Waals surface area contributed by atoms with E-state index in [1.165, 1.54) is 0 Å². The normalized spacial score (nSPS) is 11.8. The third-order valence-corrected chi connectivity index (χ3v) is 11.3. The summed E-state index contributed by atoms with van der Waals surface area (Å²) in [5, 5.41) is 7.49. The molecule has 0 aliphatic heterocycles. The van der Waals surface area contributed by atoms with Gasteiger partial charge < -0.3 is 8.83 Å². The predicted molar refractivity (Wildman–Crippen MR) is 237 cm³/mol. The topological polar surface area (TPSA) is 65.0 Å². The van der Waals surface area contributed by atoms with Crippen molar-refractivity contribution >= 4 is 65.6 Å². The van der Waals surface area contributed by atoms with Crippen molar-refractivity contribution in [3.63, 3.8) is 0 Å². The third kappa shape index (κ3) is 5.07. The Hall–Kier alpha value is -7.89. The van der Waals surface area contributed by atoms with Gasteiger partial charge in [0.2, 0.25) is 0 Å². The fraction of sp³-hybridized carbons (Fsp3) is 0. The van der Waals surface area contributed by atoms with Crippen molar-refractivity contribution in [2.75, 3.05) is 0 Å². The summed E-state index contributed by atoms with van der Waals surface area (Å²) in [6, 6.07) is 64.8. The molecule has 0 aliphatic carbocycles. The molecule has 270 valence electrons. The summed E-state index contributed by atoms with van der Waals surface area (Å²) in [4.78, 5) is 15.4. The first-order valence-corrected chi connectivity index (χ1v) is 19.4. The van der Waals surface area contributed by atoms with Crippen LogP contribution in [0.1, 0.15) is 0 Å². The van der Waals surface area contributed by atoms with E-state index in [1.54, 1.807) is 0 Å². The Bertz CT molecular complexity index is 3550. The number of aromatic nitrogens is 3. The molecule has 0 aliphatic rings. The highest BCUT2D eigenvalue weighted by Crippen LogP contribution is 2.43. The number of para-hydroxylation sites is 4. The molecule has 4 heterocycles. The Morgan fingerprint density at radius 2 is 0.879 bits per heavy atom. The highest BCUT2D eigenvalue weighted by Gasteiger charge is 2.20. The van der Waals surface area contributed by atoms with E-state index in [0.29, 0.717) is 5.82 Å². The van der Waals surface area contributed by atoms with Gasteiger partial charge in [0.1, 0.15) is 22.3 Å². The van der Waals surface area contributed by atoms with Crippen LogP contribution in [0.2, 0.25) is 0 Å². The van der Waals surface area contributed by atoms with E-state index in [2.05, 4.69) is 133 Å². The molecule has 0 radical (unpaired) electrons. The highest BCUT2D eigenvalue weighted by atomic mass is 16.3. The first-order valence-electron chi connectivity index (χ1n) is 19.4. The van der Waals surface area contributed by atoms with Crippen LogP contribution < -0.4 is 0 Å². The van der Waals surface area contributed by atoms with Gasteiger partial charge in [0.05, 0.1) is 28.2 Å². The lowest BCUT2D eigenvalue weighted by Gasteiger charge is -2.10. The monoisotopic (exact) mass is 741 g/mol. The minimum atomic E-state index is 0.613. The van der Waals surface area contributed by atoms with Crippen molar-refractivity contribution < 1.29 is 8.83 Å². The van der Waals surface area contributed by atoms with Crippen molar-refractivity contribution in [2.24, 2.45) is 0 Å². The summed E-state index contributed by atoms with van der Waals surface area (Å²) in [6.45, 7) is 0. The van der Waals surface area contributed by atoms with Gasteiger partial charge in [-0.1, -0.05) is 158 Å². The van der Waals surface area contributed by atoms with Gasteiger partial charge in [-0.05, 0) is 35.9 Å². The van der Waals surface area contributed by atoms with Crippen molar-refractivity contribution in [1.82, 2.24) is 15.0 Å². The quantitative estimate of drug-likeness (QED) is 0.164. The summed E-state index contributed by atoms with van der Waals surface area (Å²) < 4.78 is 13.4. The SMILES string of the molecule is c1ccc(-c2cc(-c3ccc(-c4cccc5c4oc4c5ccc5c(-c6ccccc6)nc6ccccc6c54)cc3)nc(-c3cccc4c3oc3ccccc34)n2)cc1. The Labute approximate surface area is 332 Å². The predicted octanol–water partition coefficient (Wildman–Crippen LogP) is 14.3. The van der Waals surface area contributed by atoms with Crippen LogP contribution in [0.4, 0.5) is 0 Å². The van der Waals surface area contributed by atoms with Crippen molar-refractivity contribution in [3.8, 4) is 56.3 Å². The molecule has 4 aromatic heterocycles. The van der Waals surface area contributed by atoms with Gasteiger partial charge in [-0.15, -0.1) is 0 Å². The van der Waals surface area contributed by atoms with Gasteiger partial charge in [-0.2, -0.15) is 0 Å². The van der Waals surface area contributed by atoms with Gasteiger partial charge in [-0.25, -0.2) is 15.0 Å². The average Bonchev–Trinajstić information content (AvgIpc) is 3.88. The first-order chi connectivity index (χ1) is 28.7. The lowest BCUT2D eigenvalue weighted by Crippen LogP contribution is -1.96. The van der Waals surface area contributed by atoms with Crippen LogP contribution in [0.15, 0.2) is 197 Å². The van der Waals surface area contributed by atoms with E-state index >= 15 is 0 Å². The third-order valence-electron chi connectivity index (χ3n) is 11.3. The van der Waals surface area contributed by atoms with Gasteiger partial charge >= 0.3 is 0 Å². The average molecular weight is 742 g/mol. The van der Waals surface area contributed by atoms with E-state index in [4.69, 9.17) is 23.8 Å². The number of benzene rings is 8. The lowest BCUT2D eigenvalue weighted by molar-refractivity contribution is 0.669. The first kappa shape index (κ1) is 32.4. The minimum absolute atomic E-state index is 0.613. The van der Waals surface area contributed by atoms with Crippen LogP contribution in [0.5, 0.6) is 0 Å². The molecule has 5 nitrogen and oxygen atoms in total. The van der Waals surface area contributed by atoms with Gasteiger partial charge in [0.25, 0.3) is 0 Å². The molecule has 0 N–H and O–H groups in total. The largest absolute Gasteiger partial charge is 0.455 e. The molecule has 8 aromatic carbocycles. The Morgan fingerprint density at radius 1 is 0.328 bits per heavy atom. The Balaban J connectivity index is 1.00. The molecule has 12 rings (SSSR count). The maximum absolute atomic E-state index is 6.99. The molecule has 0 spiro atoms. The zero-order valence-electron chi connectivity index (χ0n) is 31.1. The van der Waals surface area contributed by atoms with Crippen LogP contribution >= 0.6 is 0 Å². The second-order valence-corrected chi connectivity index (χ2v) is 14.7. The van der Waals surface area contributed by atoms with E-state index < -0.39 is 0 Å². The summed E-state index contributed by atoms with van der Waals surface area (Å²) >= 11 is 0. The van der Waals surface area contributed by atoms with Crippen LogP contribution in [-0.2, 0) is 0 Å². The summed E-state index contributed by atoms with van der Waals surface area (Å²) in [5.74, 6) is 0.613. The molecule has 0 bridgehead atoms. The maximum atomic E-state index is 6.99. The molecule has 0 saturated heterocycles. The van der Waals surface area contributed by atoms with Gasteiger partial charge in [0.15, 0.2) is 5.82 Å². The second-order valence-electron chi connectivity index (χ2n) is 14.7. The fourth-order valence-corrected chi connectivity index (χ4v) is 8.55. The van der Waals surface area contributed by atoms with E-state index in [9.17, 15) is 0 Å². The fourth-order valence-electron chi connectivity index (χ4n) is 8.55. The minimum Gasteiger partial charge on any atom is -0.455 e. The smallest absolute Gasteiger partial charge is 0.164 e. The molecule has 12 aromatic rings. The zero-order chi connectivity index (χ0) is 38.2. The molecule has 0 saturated carbocycles. The second kappa shape index (κ2) is 12.8. The zero-order valence-corrected chi connectivity index (χ0v) is 31.1. The van der Waals surface area contributed by atoms with Crippen LogP contribution in [0.3, 0.4) is 0 Å². The molecule has 0 atom stereocenters. The van der Waals surface area contributed by atoms with Crippen LogP contribution in [-0.4, -0.2) is 15.0 Å².